The van der Waals surface area contributed by atoms with Crippen molar-refractivity contribution in [2.75, 3.05) is 18.1 Å². The third kappa shape index (κ3) is 4.51. The van der Waals surface area contributed by atoms with E-state index in [9.17, 15) is 22.7 Å². The lowest BCUT2D eigenvalue weighted by molar-refractivity contribution is -0.384. The van der Waals surface area contributed by atoms with Crippen molar-refractivity contribution in [3.63, 3.8) is 0 Å². The molecule has 0 saturated heterocycles. The van der Waals surface area contributed by atoms with E-state index in [1.165, 1.54) is 6.07 Å². The number of rotatable bonds is 7. The Hall–Kier alpha value is -1.03. The first-order valence-corrected chi connectivity index (χ1v) is 8.91. The van der Waals surface area contributed by atoms with Gasteiger partial charge in [-0.05, 0) is 12.1 Å². The molecule has 1 atom stereocenters. The zero-order chi connectivity index (χ0) is 15.3. The van der Waals surface area contributed by atoms with Crippen molar-refractivity contribution in [2.45, 2.75) is 11.8 Å². The highest BCUT2D eigenvalue weighted by atomic mass is 35.5. The van der Waals surface area contributed by atoms with Gasteiger partial charge >= 0.3 is 0 Å². The molecule has 0 bridgehead atoms. The summed E-state index contributed by atoms with van der Waals surface area (Å²) in [6.45, 7) is 1.73. The van der Waals surface area contributed by atoms with Gasteiger partial charge in [0.25, 0.3) is 5.69 Å². The average molecular weight is 341 g/mol. The summed E-state index contributed by atoms with van der Waals surface area (Å²) in [5, 5.41) is 10.6. The van der Waals surface area contributed by atoms with Gasteiger partial charge in [0, 0.05) is 34.9 Å². The van der Waals surface area contributed by atoms with Gasteiger partial charge in [0.2, 0.25) is 10.0 Å². The monoisotopic (exact) mass is 340 g/mol. The van der Waals surface area contributed by atoms with Gasteiger partial charge in [-0.15, -0.1) is 0 Å². The molecule has 10 heteroatoms. The van der Waals surface area contributed by atoms with Gasteiger partial charge in [0.15, 0.2) is 0 Å². The van der Waals surface area contributed by atoms with Gasteiger partial charge in [-0.25, -0.2) is 13.1 Å². The van der Waals surface area contributed by atoms with Crippen LogP contribution in [0.1, 0.15) is 6.92 Å². The van der Waals surface area contributed by atoms with Crippen LogP contribution < -0.4 is 4.72 Å². The van der Waals surface area contributed by atoms with Crippen molar-refractivity contribution in [1.82, 2.24) is 4.72 Å². The molecule has 1 aromatic carbocycles. The maximum atomic E-state index is 11.9. The summed E-state index contributed by atoms with van der Waals surface area (Å²) in [6, 6.07) is 3.22. The van der Waals surface area contributed by atoms with E-state index < -0.39 is 31.4 Å². The molecular weight excluding hydrogens is 328 g/mol. The number of halogens is 1. The van der Waals surface area contributed by atoms with Crippen LogP contribution >= 0.6 is 11.6 Å². The molecule has 0 spiro atoms. The molecule has 1 unspecified atom stereocenters. The summed E-state index contributed by atoms with van der Waals surface area (Å²) in [5.74, 6) is 0.625. The minimum Gasteiger partial charge on any atom is -0.260 e. The topological polar surface area (TPSA) is 106 Å². The molecule has 112 valence electrons. The number of sulfonamides is 1. The van der Waals surface area contributed by atoms with Crippen LogP contribution in [0.3, 0.4) is 0 Å². The van der Waals surface area contributed by atoms with Crippen LogP contribution in [0.2, 0.25) is 5.02 Å². The van der Waals surface area contributed by atoms with Gasteiger partial charge in [-0.2, -0.15) is 0 Å². The third-order valence-electron chi connectivity index (χ3n) is 2.37. The molecule has 0 heterocycles. The number of hydrogen-bond acceptors (Lipinski definition) is 5. The molecule has 0 saturated carbocycles. The Balaban J connectivity index is 2.90. The Kier molecular flexibility index (Phi) is 6.06. The van der Waals surface area contributed by atoms with Crippen LogP contribution in [0, 0.1) is 10.1 Å². The first-order chi connectivity index (χ1) is 9.27. The third-order valence-corrected chi connectivity index (χ3v) is 5.45. The number of nitrogens with zero attached hydrogens (tertiary/aromatic N) is 1. The summed E-state index contributed by atoms with van der Waals surface area (Å²) in [7, 11) is -4.97. The summed E-state index contributed by atoms with van der Waals surface area (Å²) in [6.07, 6.45) is 0. The Labute approximate surface area is 124 Å². The number of benzene rings is 1. The fraction of sp³-hybridized carbons (Fsp3) is 0.400. The lowest BCUT2D eigenvalue weighted by Gasteiger charge is -2.06. The second kappa shape index (κ2) is 7.11. The highest BCUT2D eigenvalue weighted by Crippen LogP contribution is 2.26. The zero-order valence-corrected chi connectivity index (χ0v) is 12.9. The second-order valence-corrected chi connectivity index (χ2v) is 7.74. The second-order valence-electron chi connectivity index (χ2n) is 3.70. The quantitative estimate of drug-likeness (QED) is 0.594. The molecule has 0 aliphatic rings. The van der Waals surface area contributed by atoms with Crippen molar-refractivity contribution in [2.24, 2.45) is 0 Å². The van der Waals surface area contributed by atoms with Crippen molar-refractivity contribution in [3.05, 3.63) is 33.3 Å². The van der Waals surface area contributed by atoms with Gasteiger partial charge in [-0.1, -0.05) is 18.5 Å². The van der Waals surface area contributed by atoms with Crippen LogP contribution in [-0.4, -0.2) is 35.6 Å². The Morgan fingerprint density at radius 1 is 1.45 bits per heavy atom. The van der Waals surface area contributed by atoms with Gasteiger partial charge < -0.3 is 0 Å². The van der Waals surface area contributed by atoms with Crippen LogP contribution in [0.15, 0.2) is 23.1 Å². The van der Waals surface area contributed by atoms with Crippen LogP contribution in [-0.2, 0) is 20.8 Å². The average Bonchev–Trinajstić information content (AvgIpc) is 2.38. The number of nitro groups is 1. The van der Waals surface area contributed by atoms with Crippen molar-refractivity contribution in [3.8, 4) is 0 Å². The molecule has 0 radical (unpaired) electrons. The molecule has 0 aromatic heterocycles. The van der Waals surface area contributed by atoms with E-state index in [-0.39, 0.29) is 22.2 Å². The van der Waals surface area contributed by atoms with E-state index >= 15 is 0 Å². The summed E-state index contributed by atoms with van der Waals surface area (Å²) < 4.78 is 37.3. The van der Waals surface area contributed by atoms with Crippen LogP contribution in [0.5, 0.6) is 0 Å². The molecule has 0 amide bonds. The molecule has 1 N–H and O–H groups in total. The maximum absolute atomic E-state index is 11.9. The number of nitrogens with one attached hydrogen (secondary N) is 1. The van der Waals surface area contributed by atoms with Crippen molar-refractivity contribution in [1.29, 1.82) is 0 Å². The predicted octanol–water partition coefficient (Wildman–Crippen LogP) is 1.30. The van der Waals surface area contributed by atoms with E-state index in [4.69, 9.17) is 11.6 Å². The Morgan fingerprint density at radius 2 is 2.10 bits per heavy atom. The first kappa shape index (κ1) is 17.0. The van der Waals surface area contributed by atoms with E-state index in [1.54, 1.807) is 6.92 Å². The fourth-order valence-electron chi connectivity index (χ4n) is 1.32. The minimum atomic E-state index is -3.88. The van der Waals surface area contributed by atoms with E-state index in [0.29, 0.717) is 5.75 Å². The lowest BCUT2D eigenvalue weighted by Crippen LogP contribution is -2.28. The van der Waals surface area contributed by atoms with Crippen LogP contribution in [0.4, 0.5) is 5.69 Å². The highest BCUT2D eigenvalue weighted by Gasteiger charge is 2.20. The molecule has 20 heavy (non-hydrogen) atoms. The molecule has 1 rings (SSSR count). The summed E-state index contributed by atoms with van der Waals surface area (Å²) in [4.78, 5) is 9.70. The van der Waals surface area contributed by atoms with Gasteiger partial charge in [0.05, 0.1) is 9.82 Å². The number of nitro benzene ring substituents is 1. The molecular formula is C10H13ClN2O5S2. The van der Waals surface area contributed by atoms with Gasteiger partial charge in [0.1, 0.15) is 5.02 Å². The zero-order valence-electron chi connectivity index (χ0n) is 10.5. The smallest absolute Gasteiger partial charge is 0.260 e. The predicted molar refractivity (Wildman–Crippen MR) is 76.8 cm³/mol. The standard InChI is InChI=1S/C10H13ClN2O5S2/c1-2-19(16)6-5-12-20(17,18)8-3-4-9(11)10(7-8)13(14)15/h3-4,7,12H,2,5-6H2,1H3. The number of hydrogen-bond donors (Lipinski definition) is 1. The van der Waals surface area contributed by atoms with E-state index in [2.05, 4.69) is 4.72 Å². The van der Waals surface area contributed by atoms with Crippen molar-refractivity contribution >= 4 is 38.1 Å². The Morgan fingerprint density at radius 3 is 2.65 bits per heavy atom. The Bertz CT molecular complexity index is 633. The summed E-state index contributed by atoms with van der Waals surface area (Å²) >= 11 is 5.61. The van der Waals surface area contributed by atoms with Gasteiger partial charge in [-0.3, -0.25) is 14.3 Å². The normalized spacial score (nSPS) is 13.1. The van der Waals surface area contributed by atoms with Crippen LogP contribution in [0.25, 0.3) is 0 Å². The molecule has 0 fully saturated rings. The van der Waals surface area contributed by atoms with Crippen molar-refractivity contribution < 1.29 is 17.6 Å². The summed E-state index contributed by atoms with van der Waals surface area (Å²) in [5.41, 5.74) is -0.480. The molecule has 7 nitrogen and oxygen atoms in total. The largest absolute Gasteiger partial charge is 0.289 e. The molecule has 1 aromatic rings. The molecule has 0 aliphatic heterocycles. The lowest BCUT2D eigenvalue weighted by atomic mass is 10.3. The maximum Gasteiger partial charge on any atom is 0.289 e. The highest BCUT2D eigenvalue weighted by molar-refractivity contribution is 7.89. The SMILES string of the molecule is CCS(=O)CCNS(=O)(=O)c1ccc(Cl)c([N+](=O)[O-])c1. The molecule has 0 aliphatic carbocycles. The minimum absolute atomic E-state index is 0.000785. The van der Waals surface area contributed by atoms with E-state index in [1.807, 2.05) is 0 Å². The fourth-order valence-corrected chi connectivity index (χ4v) is 3.30. The first-order valence-electron chi connectivity index (χ1n) is 5.56. The van der Waals surface area contributed by atoms with E-state index in [0.717, 1.165) is 12.1 Å².